The average molecular weight is 1200 g/mol. The van der Waals surface area contributed by atoms with E-state index < -0.39 is 36.2 Å². The van der Waals surface area contributed by atoms with Crippen LogP contribution in [-0.4, -0.2) is 118 Å². The van der Waals surface area contributed by atoms with E-state index in [1.54, 1.807) is 48.2 Å². The van der Waals surface area contributed by atoms with Crippen molar-refractivity contribution in [1.82, 2.24) is 20.0 Å². The van der Waals surface area contributed by atoms with E-state index in [-0.39, 0.29) is 115 Å². The molecule has 88 heavy (non-hydrogen) atoms. The molecule has 5 aliphatic heterocycles. The number of rotatable bonds is 25. The van der Waals surface area contributed by atoms with Crippen LogP contribution in [0.2, 0.25) is 0 Å². The lowest BCUT2D eigenvalue weighted by Crippen LogP contribution is -2.55. The van der Waals surface area contributed by atoms with Crippen LogP contribution >= 0.6 is 0 Å². The normalized spacial score (nSPS) is 18.2. The van der Waals surface area contributed by atoms with E-state index in [1.807, 2.05) is 68.1 Å². The number of carbonyl (C=O) groups excluding carboxylic acids is 8. The van der Waals surface area contributed by atoms with Gasteiger partial charge in [-0.25, -0.2) is 9.69 Å². The minimum absolute atomic E-state index is 0.00220. The van der Waals surface area contributed by atoms with E-state index in [1.165, 1.54) is 35.3 Å². The van der Waals surface area contributed by atoms with Gasteiger partial charge in [-0.15, -0.1) is 0 Å². The summed E-state index contributed by atoms with van der Waals surface area (Å²) in [6.07, 6.45) is 7.12. The number of nitrogens with zero attached hydrogens (tertiary/aromatic N) is 4. The Hall–Kier alpha value is -8.64. The van der Waals surface area contributed by atoms with Crippen molar-refractivity contribution in [2.24, 2.45) is 11.8 Å². The standard InChI is InChI=1S/C70H79N5O13/c1-43(2)55(37-54(76)20-8-6-13-29-72-64(78)27-28-65(72)79)66(80)71-45(4)60(77)33-46-21-23-47(24-22-46)42-88-70(84)75-58-39-63(62(85-5)38-57(58)68(82)74-41-52-19-12-10-17-49(52)35-59(74)69(75)83)87-31-15-7-14-30-86-61-36-50-25-26-53-34-48-16-9-11-18-51(48)40-73(53)67(81)56(50)32-44(61)3/h9-12,16-19,21-24,27-28,32,36,38-39,43,45,53,55,59,69,83H,6-8,13-15,20,25-26,29-31,33-35,37,40-42H2,1-5H3,(H,71,80)/t45-,53+,55-,59-,69?/m0/s1. The minimum atomic E-state index is -1.52. The van der Waals surface area contributed by atoms with Gasteiger partial charge in [0.25, 0.3) is 23.6 Å². The topological polar surface area (TPSA) is 219 Å². The first-order chi connectivity index (χ1) is 42.5. The molecule has 0 saturated carbocycles. The second-order valence-corrected chi connectivity index (χ2v) is 24.2. The van der Waals surface area contributed by atoms with Crippen LogP contribution < -0.4 is 24.4 Å². The summed E-state index contributed by atoms with van der Waals surface area (Å²) < 4.78 is 24.4. The molecule has 10 rings (SSSR count). The van der Waals surface area contributed by atoms with Gasteiger partial charge in [-0.3, -0.25) is 38.5 Å². The first kappa shape index (κ1) is 62.4. The number of aryl methyl sites for hydroxylation is 2. The third kappa shape index (κ3) is 14.2. The second kappa shape index (κ2) is 28.0. The van der Waals surface area contributed by atoms with Gasteiger partial charge in [0.2, 0.25) is 5.91 Å². The van der Waals surface area contributed by atoms with Gasteiger partial charge < -0.3 is 39.2 Å². The molecule has 5 aromatic rings. The summed E-state index contributed by atoms with van der Waals surface area (Å²) in [4.78, 5) is 112. The first-order valence-electron chi connectivity index (χ1n) is 30.9. The average Bonchev–Trinajstić information content (AvgIpc) is 1.82. The molecular weight excluding hydrogens is 1120 g/mol. The molecule has 5 atom stereocenters. The Bertz CT molecular complexity index is 3490. The maximum absolute atomic E-state index is 14.7. The lowest BCUT2D eigenvalue weighted by molar-refractivity contribution is -0.137. The molecule has 0 spiro atoms. The first-order valence-corrected chi connectivity index (χ1v) is 30.9. The zero-order valence-electron chi connectivity index (χ0n) is 50.9. The summed E-state index contributed by atoms with van der Waals surface area (Å²) in [5, 5.41) is 15.1. The van der Waals surface area contributed by atoms with E-state index in [2.05, 4.69) is 23.5 Å². The Morgan fingerprint density at radius 3 is 1.98 bits per heavy atom. The number of amides is 6. The smallest absolute Gasteiger partial charge is 0.416 e. The number of fused-ring (bicyclic) bond motifs is 6. The number of nitrogens with one attached hydrogen (secondary N) is 1. The summed E-state index contributed by atoms with van der Waals surface area (Å²) in [6.45, 7) is 8.97. The molecule has 0 fully saturated rings. The number of anilines is 1. The zero-order valence-corrected chi connectivity index (χ0v) is 50.9. The predicted octanol–water partition coefficient (Wildman–Crippen LogP) is 9.52. The Labute approximate surface area is 514 Å². The Balaban J connectivity index is 0.731. The molecule has 0 aliphatic carbocycles. The van der Waals surface area contributed by atoms with Crippen LogP contribution in [0.25, 0.3) is 0 Å². The number of ether oxygens (including phenoxy) is 4. The van der Waals surface area contributed by atoms with Gasteiger partial charge in [0.05, 0.1) is 43.7 Å². The number of carbonyl (C=O) groups is 8. The summed E-state index contributed by atoms with van der Waals surface area (Å²) in [6, 6.07) is 28.6. The van der Waals surface area contributed by atoms with Gasteiger partial charge in [0, 0.05) is 74.6 Å². The quantitative estimate of drug-likeness (QED) is 0.0411. The molecule has 0 radical (unpaired) electrons. The Morgan fingerprint density at radius 2 is 1.30 bits per heavy atom. The number of Topliss-reactive ketones (excluding diaryl/α,β-unsaturated/α-hetero) is 2. The number of methoxy groups -OCH3 is 1. The van der Waals surface area contributed by atoms with Crippen molar-refractivity contribution in [3.05, 3.63) is 165 Å². The highest BCUT2D eigenvalue weighted by Crippen LogP contribution is 2.42. The largest absolute Gasteiger partial charge is 0.493 e. The molecule has 2 N–H and O–H groups in total. The van der Waals surface area contributed by atoms with Gasteiger partial charge in [0.15, 0.2) is 23.5 Å². The highest BCUT2D eigenvalue weighted by molar-refractivity contribution is 6.13. The van der Waals surface area contributed by atoms with Gasteiger partial charge in [-0.1, -0.05) is 93.1 Å². The minimum Gasteiger partial charge on any atom is -0.493 e. The van der Waals surface area contributed by atoms with Crippen LogP contribution in [0.15, 0.2) is 109 Å². The molecule has 0 bridgehead atoms. The number of aliphatic hydroxyl groups is 1. The van der Waals surface area contributed by atoms with Crippen LogP contribution in [0.3, 0.4) is 0 Å². The van der Waals surface area contributed by atoms with Crippen LogP contribution in [0.4, 0.5) is 10.5 Å². The van der Waals surface area contributed by atoms with E-state index >= 15 is 0 Å². The monoisotopic (exact) mass is 1200 g/mol. The third-order valence-electron chi connectivity index (χ3n) is 17.9. The van der Waals surface area contributed by atoms with Crippen molar-refractivity contribution in [3.63, 3.8) is 0 Å². The van der Waals surface area contributed by atoms with Crippen molar-refractivity contribution in [3.8, 4) is 17.2 Å². The molecule has 0 saturated heterocycles. The predicted molar refractivity (Wildman–Crippen MR) is 329 cm³/mol. The highest BCUT2D eigenvalue weighted by Gasteiger charge is 2.46. The number of imide groups is 1. The number of benzene rings is 5. The van der Waals surface area contributed by atoms with Crippen molar-refractivity contribution >= 4 is 52.9 Å². The summed E-state index contributed by atoms with van der Waals surface area (Å²) in [5.41, 5.74) is 8.57. The molecule has 5 heterocycles. The fraction of sp³-hybridized carbons (Fsp3) is 0.429. The molecule has 18 heteroatoms. The molecular formula is C70H79N5O13. The van der Waals surface area contributed by atoms with Gasteiger partial charge in [-0.05, 0) is 140 Å². The molecule has 462 valence electrons. The molecule has 5 aromatic carbocycles. The zero-order chi connectivity index (χ0) is 62.2. The van der Waals surface area contributed by atoms with Crippen molar-refractivity contribution in [1.29, 1.82) is 0 Å². The number of unbranched alkanes of at least 4 members (excludes halogenated alkanes) is 4. The summed E-state index contributed by atoms with van der Waals surface area (Å²) in [5.74, 6) is -1.15. The van der Waals surface area contributed by atoms with Crippen LogP contribution in [0.5, 0.6) is 17.2 Å². The maximum Gasteiger partial charge on any atom is 0.416 e. The molecule has 18 nitrogen and oxygen atoms in total. The van der Waals surface area contributed by atoms with E-state index in [9.17, 15) is 43.5 Å². The Morgan fingerprint density at radius 1 is 0.670 bits per heavy atom. The van der Waals surface area contributed by atoms with Gasteiger partial charge in [-0.2, -0.15) is 0 Å². The maximum atomic E-state index is 14.7. The van der Waals surface area contributed by atoms with Crippen LogP contribution in [-0.2, 0) is 74.1 Å². The molecule has 5 aliphatic rings. The summed E-state index contributed by atoms with van der Waals surface area (Å²) in [7, 11) is 1.48. The van der Waals surface area contributed by atoms with E-state index in [4.69, 9.17) is 18.9 Å². The lowest BCUT2D eigenvalue weighted by atomic mass is 9.88. The molecule has 1 unspecified atom stereocenters. The fourth-order valence-electron chi connectivity index (χ4n) is 12.6. The fourth-order valence-corrected chi connectivity index (χ4v) is 12.6. The van der Waals surface area contributed by atoms with E-state index in [0.29, 0.717) is 56.5 Å². The van der Waals surface area contributed by atoms with Crippen molar-refractivity contribution in [2.45, 2.75) is 155 Å². The van der Waals surface area contributed by atoms with Gasteiger partial charge in [0.1, 0.15) is 18.1 Å². The van der Waals surface area contributed by atoms with Crippen LogP contribution in [0, 0.1) is 18.8 Å². The summed E-state index contributed by atoms with van der Waals surface area (Å²) >= 11 is 0. The third-order valence-corrected chi connectivity index (χ3v) is 17.9. The molecule has 0 aromatic heterocycles. The Kier molecular flexibility index (Phi) is 19.9. The highest BCUT2D eigenvalue weighted by atomic mass is 16.6. The lowest BCUT2D eigenvalue weighted by Gasteiger charge is -2.39. The molecule has 6 amide bonds. The van der Waals surface area contributed by atoms with E-state index in [0.717, 1.165) is 70.6 Å². The number of hydrogen-bond donors (Lipinski definition) is 2. The SMILES string of the molecule is COc1cc2c(cc1OCCCCCOc1cc3c(cc1C)C(=O)N1Cc4ccccc4C[C@H]1CC3)N(C(=O)OCc1ccc(CC(=O)[C@H](C)NC(=O)[C@@H](CC(=O)CCCCCN3C(=O)C=CC3=O)C(C)C)cc1)C(O)[C@@H]1Cc3ccccc3CN1C2=O. The van der Waals surface area contributed by atoms with Crippen molar-refractivity contribution in [2.75, 3.05) is 31.8 Å². The number of hydrogen-bond acceptors (Lipinski definition) is 13. The number of aliphatic hydroxyl groups excluding tert-OH is 1. The van der Waals surface area contributed by atoms with Gasteiger partial charge >= 0.3 is 6.09 Å². The van der Waals surface area contributed by atoms with Crippen LogP contribution in [0.1, 0.15) is 144 Å². The number of ketones is 2. The van der Waals surface area contributed by atoms with Crippen molar-refractivity contribution < 1.29 is 62.4 Å². The second-order valence-electron chi connectivity index (χ2n) is 24.2.